The predicted octanol–water partition coefficient (Wildman–Crippen LogP) is 6.58. The minimum absolute atomic E-state index is 0.0273. The molecule has 8 heteroatoms. The van der Waals surface area contributed by atoms with Gasteiger partial charge in [0, 0.05) is 17.2 Å². The molecule has 36 heavy (non-hydrogen) atoms. The molecule has 7 nitrogen and oxygen atoms in total. The second-order valence-electron chi connectivity index (χ2n) is 9.61. The van der Waals surface area contributed by atoms with Gasteiger partial charge in [-0.2, -0.15) is 0 Å². The van der Waals surface area contributed by atoms with Crippen molar-refractivity contribution >= 4 is 25.6 Å². The first kappa shape index (κ1) is 26.5. The molecule has 4 aliphatic rings. The number of rotatable bonds is 12. The summed E-state index contributed by atoms with van der Waals surface area (Å²) in [6.07, 6.45) is 12.0. The molecule has 0 saturated heterocycles. The number of phosphoric ester groups is 1. The van der Waals surface area contributed by atoms with Gasteiger partial charge < -0.3 is 14.0 Å². The molecule has 4 saturated carbocycles. The Morgan fingerprint density at radius 2 is 1.58 bits per heavy atom. The maximum absolute atomic E-state index is 13.4. The largest absolute Gasteiger partial charge is 0.530 e. The molecule has 0 aliphatic heterocycles. The summed E-state index contributed by atoms with van der Waals surface area (Å²) in [7, 11) is -1.02. The summed E-state index contributed by atoms with van der Waals surface area (Å²) in [6, 6.07) is 5.50. The quantitative estimate of drug-likeness (QED) is 0.102. The number of carbonyl (C=O) groups excluding carboxylic acids is 1. The van der Waals surface area contributed by atoms with Gasteiger partial charge in [-0.1, -0.05) is 24.3 Å². The van der Waals surface area contributed by atoms with Crippen LogP contribution in [0.1, 0.15) is 43.2 Å². The van der Waals surface area contributed by atoms with Crippen molar-refractivity contribution in [2.45, 2.75) is 32.1 Å². The molecule has 1 aromatic carbocycles. The molecular formula is C28H35O7P. The number of hydrogen-bond acceptors (Lipinski definition) is 7. The van der Waals surface area contributed by atoms with Crippen LogP contribution >= 0.6 is 7.82 Å². The Morgan fingerprint density at radius 1 is 0.972 bits per heavy atom. The normalized spacial score (nSPS) is 24.6. The average molecular weight is 515 g/mol. The van der Waals surface area contributed by atoms with E-state index in [0.29, 0.717) is 17.4 Å². The lowest BCUT2D eigenvalue weighted by molar-refractivity contribution is -0.134. The lowest BCUT2D eigenvalue weighted by Gasteiger charge is -2.51. The summed E-state index contributed by atoms with van der Waals surface area (Å²) >= 11 is 0. The van der Waals surface area contributed by atoms with Crippen molar-refractivity contribution in [3.05, 3.63) is 66.3 Å². The molecule has 4 bridgehead atoms. The summed E-state index contributed by atoms with van der Waals surface area (Å²) in [5, 5.41) is 0. The third kappa shape index (κ3) is 5.86. The number of methoxy groups -OCH3 is 2. The Kier molecular flexibility index (Phi) is 8.55. The minimum atomic E-state index is -4.02. The van der Waals surface area contributed by atoms with Crippen LogP contribution in [0.25, 0.3) is 11.8 Å². The Labute approximate surface area is 213 Å². The number of benzene rings is 1. The number of allylic oxidation sites excluding steroid dienone is 1. The van der Waals surface area contributed by atoms with Crippen molar-refractivity contribution in [3.8, 4) is 5.75 Å². The summed E-state index contributed by atoms with van der Waals surface area (Å²) < 4.78 is 40.8. The highest BCUT2D eigenvalue weighted by molar-refractivity contribution is 7.48. The molecule has 0 heterocycles. The van der Waals surface area contributed by atoms with E-state index < -0.39 is 13.8 Å². The molecule has 4 aliphatic carbocycles. The molecule has 0 radical (unpaired) electrons. The zero-order valence-electron chi connectivity index (χ0n) is 21.0. The molecule has 0 unspecified atom stereocenters. The van der Waals surface area contributed by atoms with Gasteiger partial charge in [0.25, 0.3) is 0 Å². The number of esters is 1. The van der Waals surface area contributed by atoms with Gasteiger partial charge in [-0.05, 0) is 73.5 Å². The number of ether oxygens (including phenoxy) is 2. The van der Waals surface area contributed by atoms with Crippen molar-refractivity contribution in [2.75, 3.05) is 27.4 Å². The van der Waals surface area contributed by atoms with Crippen LogP contribution in [0, 0.1) is 23.7 Å². The zero-order chi connectivity index (χ0) is 25.7. The van der Waals surface area contributed by atoms with Crippen LogP contribution in [-0.2, 0) is 27.9 Å². The summed E-state index contributed by atoms with van der Waals surface area (Å²) in [4.78, 5) is 11.7. The fourth-order valence-electron chi connectivity index (χ4n) is 6.08. The first-order valence-electron chi connectivity index (χ1n) is 12.4. The smallest absolute Gasteiger partial charge is 0.496 e. The lowest BCUT2D eigenvalue weighted by Crippen LogP contribution is -2.40. The Bertz CT molecular complexity index is 1060. The molecule has 5 rings (SSSR count). The van der Waals surface area contributed by atoms with Crippen LogP contribution in [0.5, 0.6) is 5.75 Å². The average Bonchev–Trinajstić information content (AvgIpc) is 2.87. The van der Waals surface area contributed by atoms with E-state index in [9.17, 15) is 9.36 Å². The first-order valence-corrected chi connectivity index (χ1v) is 13.8. The second-order valence-corrected chi connectivity index (χ2v) is 11.2. The van der Waals surface area contributed by atoms with Crippen LogP contribution in [-0.4, -0.2) is 33.4 Å². The molecule has 0 N–H and O–H groups in total. The van der Waals surface area contributed by atoms with Gasteiger partial charge >= 0.3 is 13.8 Å². The lowest BCUT2D eigenvalue weighted by atomic mass is 9.54. The highest BCUT2D eigenvalue weighted by Crippen LogP contribution is 2.58. The van der Waals surface area contributed by atoms with Gasteiger partial charge in [0.1, 0.15) is 11.5 Å². The maximum atomic E-state index is 13.4. The maximum Gasteiger partial charge on any atom is 0.530 e. The molecule has 0 aromatic heterocycles. The van der Waals surface area contributed by atoms with Crippen molar-refractivity contribution in [2.24, 2.45) is 23.7 Å². The van der Waals surface area contributed by atoms with Gasteiger partial charge in [0.15, 0.2) is 0 Å². The van der Waals surface area contributed by atoms with E-state index in [4.69, 9.17) is 23.0 Å². The van der Waals surface area contributed by atoms with Crippen molar-refractivity contribution in [1.29, 1.82) is 0 Å². The summed E-state index contributed by atoms with van der Waals surface area (Å²) in [5.41, 5.74) is 2.73. The minimum Gasteiger partial charge on any atom is -0.496 e. The fourth-order valence-corrected chi connectivity index (χ4v) is 7.24. The predicted molar refractivity (Wildman–Crippen MR) is 139 cm³/mol. The molecule has 0 amide bonds. The van der Waals surface area contributed by atoms with Gasteiger partial charge in [0.05, 0.1) is 27.4 Å². The monoisotopic (exact) mass is 514 g/mol. The van der Waals surface area contributed by atoms with E-state index in [0.717, 1.165) is 23.2 Å². The van der Waals surface area contributed by atoms with E-state index in [1.54, 1.807) is 25.3 Å². The van der Waals surface area contributed by atoms with Crippen LogP contribution < -0.4 is 4.52 Å². The van der Waals surface area contributed by atoms with Gasteiger partial charge in [-0.3, -0.25) is 9.05 Å². The van der Waals surface area contributed by atoms with Gasteiger partial charge in [-0.15, -0.1) is 13.2 Å². The molecule has 194 valence electrons. The van der Waals surface area contributed by atoms with E-state index in [-0.39, 0.29) is 19.0 Å². The standard InChI is InChI=1S/C28H35O7P/c1-5-11-33-36(30,34-12-6-2)35-25-18-22(8-7-21(25)9-10-26(29)31-3)28(32-4)27-23-14-19-13-20(16-23)17-24(27)15-19/h5-10,18-20,23-24H,1-2,11-17H2,3-4H3/b10-9+,28-27?. The van der Waals surface area contributed by atoms with Gasteiger partial charge in [0.2, 0.25) is 0 Å². The van der Waals surface area contributed by atoms with Crippen molar-refractivity contribution in [3.63, 3.8) is 0 Å². The van der Waals surface area contributed by atoms with Gasteiger partial charge in [-0.25, -0.2) is 9.36 Å². The molecule has 4 fully saturated rings. The summed E-state index contributed by atoms with van der Waals surface area (Å²) in [6.45, 7) is 7.15. The molecule has 1 aromatic rings. The zero-order valence-corrected chi connectivity index (χ0v) is 21.9. The fraction of sp³-hybridized carbons (Fsp3) is 0.464. The van der Waals surface area contributed by atoms with Crippen LogP contribution in [0.2, 0.25) is 0 Å². The van der Waals surface area contributed by atoms with E-state index >= 15 is 0 Å². The second kappa shape index (κ2) is 11.6. The number of carbonyl (C=O) groups is 1. The highest BCUT2D eigenvalue weighted by Gasteiger charge is 2.46. The molecular weight excluding hydrogens is 479 g/mol. The molecule has 0 spiro atoms. The van der Waals surface area contributed by atoms with Crippen LogP contribution in [0.4, 0.5) is 0 Å². The SMILES string of the molecule is C=CCOP(=O)(OCC=C)Oc1cc(C(OC)=C2C3CC4CC(C3)CC2C4)ccc1/C=C/C(=O)OC. The van der Waals surface area contributed by atoms with Crippen LogP contribution in [0.15, 0.2) is 55.2 Å². The third-order valence-electron chi connectivity index (χ3n) is 7.27. The summed E-state index contributed by atoms with van der Waals surface area (Å²) in [5.74, 6) is 3.30. The van der Waals surface area contributed by atoms with Crippen molar-refractivity contribution in [1.82, 2.24) is 0 Å². The van der Waals surface area contributed by atoms with E-state index in [1.807, 2.05) is 6.07 Å². The highest BCUT2D eigenvalue weighted by atomic mass is 31.2. The van der Waals surface area contributed by atoms with Crippen molar-refractivity contribution < 1.29 is 32.4 Å². The Hall–Kier alpha value is -2.60. The van der Waals surface area contributed by atoms with E-state index in [2.05, 4.69) is 13.2 Å². The molecule has 0 atom stereocenters. The number of hydrogen-bond donors (Lipinski definition) is 0. The topological polar surface area (TPSA) is 80.3 Å². The first-order chi connectivity index (χ1) is 17.4. The number of phosphoric acid groups is 1. The van der Waals surface area contributed by atoms with E-state index in [1.165, 1.54) is 63.0 Å². The Balaban J connectivity index is 1.74. The Morgan fingerprint density at radius 3 is 2.11 bits per heavy atom. The van der Waals surface area contributed by atoms with Crippen LogP contribution in [0.3, 0.4) is 0 Å². The third-order valence-corrected chi connectivity index (χ3v) is 8.62.